The van der Waals surface area contributed by atoms with Crippen molar-refractivity contribution in [2.45, 2.75) is 211 Å². The number of hydrogen-bond acceptors (Lipinski definition) is 49. The van der Waals surface area contributed by atoms with Crippen LogP contribution in [0, 0.1) is 0 Å². The molecule has 0 bridgehead atoms. The van der Waals surface area contributed by atoms with Gasteiger partial charge in [0.05, 0.1) is 50.4 Å². The maximum absolute atomic E-state index is 13.1. The second-order valence-corrected chi connectivity index (χ2v) is 29.7. The molecular weight excluding hydrogens is 1780 g/mol. The number of carbonyl (C=O) groups is 3. The predicted octanol–water partition coefficient (Wildman–Crippen LogP) is -45.5. The van der Waals surface area contributed by atoms with Crippen LogP contribution < -0.4 is 296 Å². The second-order valence-electron chi connectivity index (χ2n) is 23.1. The number of rotatable bonds is 33. The molecule has 12 N–H and O–H groups in total. The minimum atomic E-state index is -6.16. The molecule has 1 aromatic rings. The van der Waals surface area contributed by atoms with Crippen LogP contribution in [0.3, 0.4) is 0 Å². The largest absolute Gasteiger partial charge is 1.00 e. The van der Waals surface area contributed by atoms with Gasteiger partial charge in [0, 0.05) is 0 Å². The minimum Gasteiger partial charge on any atom is -0.735 e. The van der Waals surface area contributed by atoms with Crippen molar-refractivity contribution in [3.05, 3.63) is 35.9 Å². The van der Waals surface area contributed by atoms with Crippen LogP contribution in [-0.2, 0) is 157 Å². The smallest absolute Gasteiger partial charge is 0.735 e. The molecule has 30 atom stereocenters. The average Bonchev–Trinajstić information content (AvgIpc) is 0.762. The number of nitrogens with one attached hydrogen (secondary N) is 3. The number of carboxylic acids is 3. The monoisotopic (exact) mass is 1840 g/mol. The first-order chi connectivity index (χ1) is 47.8. The molecule has 0 unspecified atom stereocenters. The van der Waals surface area contributed by atoms with Crippen molar-refractivity contribution in [2.24, 2.45) is 0 Å². The van der Waals surface area contributed by atoms with Gasteiger partial charge >= 0.3 is 266 Å². The Morgan fingerprint density at radius 3 is 1.03 bits per heavy atom. The molecule has 113 heavy (non-hydrogen) atoms. The van der Waals surface area contributed by atoms with Crippen molar-refractivity contribution in [3.63, 3.8) is 0 Å². The van der Waals surface area contributed by atoms with Gasteiger partial charge < -0.3 is 165 Å². The summed E-state index contributed by atoms with van der Waals surface area (Å²) in [5.41, 5.74) is 0.0328. The molecule has 52 nitrogen and oxygen atoms in total. The third-order valence-corrected chi connectivity index (χ3v) is 18.4. The third-order valence-electron chi connectivity index (χ3n) is 15.5. The van der Waals surface area contributed by atoms with Gasteiger partial charge in [-0.2, -0.15) is 0 Å². The molecule has 67 heteroatoms. The minimum absolute atomic E-state index is 0. The van der Waals surface area contributed by atoms with E-state index in [1.807, 2.05) is 0 Å². The van der Waals surface area contributed by atoms with Gasteiger partial charge in [0.25, 0.3) is 0 Å². The SMILES string of the molecule is CC(C)O[C@@H]1O[C@@H](C(=O)[O-])[C@@H](O[C@H]2O[C@H](COS(=O)(=O)[O-])[C@@H](O[C@@H]3O[C@@H](C(=O)[O-])[C@@H](O[C@H]4O[C@H](COS(=O)(=O)[O-])[C@@H](O[C@@H]5O[C@@H](C(=O)[O-])[C@@H](O[C@H]6O[C@H](COS(=O)(=O)[O-])[C@@H](O)[C@H](O)[C@H]6NS(=O)(=O)[O-])[C@H](O)[C@H]5O)[C@H](OCc5ccccc5)[C@H]4NS(=O)(=O)[O-])[C@H](O)[C@H]3O)[C@H](O)[C@H]2NS(=O)(=O)[O-])[C@H](O)[C@H]1O.[Na+].[Na+].[Na+].[Na+].[Na+].[Na+].[Na+].[Na+].[Na+]. The number of carbonyl (C=O) groups excluding carboxylic acids is 3. The number of ether oxygens (including phenoxy) is 13. The Balaban J connectivity index is -0.0000134. The molecule has 6 fully saturated rings. The van der Waals surface area contributed by atoms with E-state index in [2.05, 4.69) is 12.5 Å². The summed E-state index contributed by atoms with van der Waals surface area (Å²) in [5, 5.41) is 140. The maximum atomic E-state index is 13.1. The van der Waals surface area contributed by atoms with Gasteiger partial charge in [0.15, 0.2) is 68.7 Å². The number of aliphatic hydroxyl groups excluding tert-OH is 9. The molecule has 600 valence electrons. The van der Waals surface area contributed by atoms with Crippen molar-refractivity contribution in [3.8, 4) is 0 Å². The predicted molar refractivity (Wildman–Crippen MR) is 293 cm³/mol. The van der Waals surface area contributed by atoms with Crippen molar-refractivity contribution in [1.29, 1.82) is 0 Å². The summed E-state index contributed by atoms with van der Waals surface area (Å²) in [4.78, 5) is 38.3. The summed E-state index contributed by atoms with van der Waals surface area (Å²) in [5.74, 6) is -7.47. The van der Waals surface area contributed by atoms with Crippen LogP contribution in [0.1, 0.15) is 19.4 Å². The van der Waals surface area contributed by atoms with Gasteiger partial charge in [0.2, 0.25) is 31.2 Å². The van der Waals surface area contributed by atoms with E-state index in [0.717, 1.165) is 0 Å². The molecule has 6 saturated heterocycles. The van der Waals surface area contributed by atoms with E-state index >= 15 is 0 Å². The standard InChI is InChI=1S/C46H71N3O49S6.9Na/c1-12(2)87-44-26(56)23(53)32(35(96-44)38(59)60)94-42-18(48-100(68,69)70)22(52)29(15(89-42)10-85-103(77,78)79)91-45-27(57)24(54)34(37(97-45)40(63)64)95-43-19(49-101(71,72)73)31(83-8-13-6-4-3-5-7-13)30(16(90-43)11-86-104(80,81)82)92-46-28(58)25(55)33(36(98-46)39(61)62)93-41-17(47-99(65,66)67)21(51)20(50)14(88-41)9-84-102(74,75)76;;;;;;;;;/h3-7,12,14-37,41-58H,8-11H2,1-2H3,(H,59,60)(H,61,62)(H,63,64)(H,65,66,67)(H,68,69,70)(H,71,72,73)(H,74,75,76)(H,77,78,79)(H,80,81,82);;;;;;;;;/q;9*+1/p-9/t14-,15-,16-,17-,18-,19-,20-,21-,22-,23-,24-,25-,26-,27-,28-,29-,30-,31-,32+,33+,34+,35-,36-,37-,41-,42-,43-,44-,45-,46-;;;;;;;;;/m1........./s1. The van der Waals surface area contributed by atoms with Crippen molar-refractivity contribution in [2.75, 3.05) is 19.8 Å². The molecule has 6 heterocycles. The molecular formula is C46H62N3Na9O49S6. The van der Waals surface area contributed by atoms with E-state index in [1.54, 1.807) is 0 Å². The number of hydrogen-bond donors (Lipinski definition) is 12. The molecule has 0 saturated carbocycles. The normalized spacial score (nSPS) is 36.3. The average molecular weight is 1840 g/mol. The Labute approximate surface area is 841 Å². The zero-order valence-electron chi connectivity index (χ0n) is 60.9. The zero-order chi connectivity index (χ0) is 78.0. The van der Waals surface area contributed by atoms with Gasteiger partial charge in [0.1, 0.15) is 146 Å². The number of carboxylic acid groups (broad SMARTS) is 3. The van der Waals surface area contributed by atoms with E-state index in [4.69, 9.17) is 61.6 Å². The number of benzene rings is 1. The molecule has 6 aliphatic rings. The van der Waals surface area contributed by atoms with Crippen LogP contribution in [0.5, 0.6) is 0 Å². The molecule has 0 spiro atoms. The van der Waals surface area contributed by atoms with Gasteiger partial charge in [-0.1, -0.05) is 30.3 Å². The molecule has 0 amide bonds. The first-order valence-electron chi connectivity index (χ1n) is 29.1. The Hall–Kier alpha value is 4.97. The Kier molecular flexibility index (Phi) is 56.2. The molecule has 0 aromatic heterocycles. The van der Waals surface area contributed by atoms with Crippen molar-refractivity contribution >= 4 is 80.0 Å². The summed E-state index contributed by atoms with van der Waals surface area (Å²) >= 11 is 0. The van der Waals surface area contributed by atoms with E-state index in [0.29, 0.717) is 0 Å². The first kappa shape index (κ1) is 122. The maximum Gasteiger partial charge on any atom is 1.00 e. The fourth-order valence-corrected chi connectivity index (χ4v) is 13.7. The van der Waals surface area contributed by atoms with E-state index < -0.39 is 297 Å². The Morgan fingerprint density at radius 2 is 0.673 bits per heavy atom. The van der Waals surface area contributed by atoms with Gasteiger partial charge in [-0.15, -0.1) is 0 Å². The fraction of sp³-hybridized carbons (Fsp3) is 0.804. The Morgan fingerprint density at radius 1 is 0.372 bits per heavy atom. The molecule has 1 aromatic carbocycles. The second kappa shape index (κ2) is 52.0. The van der Waals surface area contributed by atoms with Crippen molar-refractivity contribution in [1.82, 2.24) is 14.2 Å². The van der Waals surface area contributed by atoms with Crippen LogP contribution in [0.2, 0.25) is 0 Å². The van der Waals surface area contributed by atoms with Crippen LogP contribution in [0.4, 0.5) is 0 Å². The van der Waals surface area contributed by atoms with Crippen LogP contribution in [-0.4, -0.2) is 352 Å². The van der Waals surface area contributed by atoms with Crippen LogP contribution in [0.15, 0.2) is 30.3 Å². The number of aliphatic hydroxyl groups is 9. The summed E-state index contributed by atoms with van der Waals surface area (Å²) in [6, 6.07) is -1.59. The topological polar surface area (TPSA) is 829 Å². The molecule has 0 radical (unpaired) electrons. The summed E-state index contributed by atoms with van der Waals surface area (Å²) in [7, 11) is -35.7. The quantitative estimate of drug-likeness (QED) is 0.0177. The molecule has 7 rings (SSSR count). The van der Waals surface area contributed by atoms with E-state index in [1.165, 1.54) is 58.3 Å². The van der Waals surface area contributed by atoms with E-state index in [9.17, 15) is 153 Å². The van der Waals surface area contributed by atoms with Gasteiger partial charge in [-0.3, -0.25) is 12.5 Å². The summed E-state index contributed by atoms with van der Waals surface area (Å²) < 4.78 is 304. The Bertz CT molecular complexity index is 3840. The number of aliphatic carboxylic acids is 3. The van der Waals surface area contributed by atoms with Crippen molar-refractivity contribution < 1.29 is 494 Å². The van der Waals surface area contributed by atoms with Gasteiger partial charge in [-0.25, -0.2) is 64.7 Å². The fourth-order valence-electron chi connectivity index (χ4n) is 11.1. The van der Waals surface area contributed by atoms with E-state index in [-0.39, 0.29) is 272 Å². The molecule has 0 aliphatic carbocycles. The third kappa shape index (κ3) is 36.1. The van der Waals surface area contributed by atoms with Crippen LogP contribution >= 0.6 is 0 Å². The summed E-state index contributed by atoms with van der Waals surface area (Å²) in [6.07, 6.45) is -74.8. The zero-order valence-corrected chi connectivity index (χ0v) is 83.8. The van der Waals surface area contributed by atoms with Gasteiger partial charge in [-0.05, 0) is 19.4 Å². The molecule has 6 aliphatic heterocycles. The first-order valence-corrected chi connectivity index (χ1v) is 37.3. The van der Waals surface area contributed by atoms with Crippen LogP contribution in [0.25, 0.3) is 0 Å². The summed E-state index contributed by atoms with van der Waals surface area (Å²) in [6.45, 7) is -3.34.